The van der Waals surface area contributed by atoms with Gasteiger partial charge in [-0.25, -0.2) is 0 Å². The molecule has 0 aliphatic carbocycles. The van der Waals surface area contributed by atoms with Crippen molar-refractivity contribution < 1.29 is 14.0 Å². The number of amides is 2. The average Bonchev–Trinajstić information content (AvgIpc) is 2.94. The smallest absolute Gasteiger partial charge is 0.293 e. The zero-order valence-corrected chi connectivity index (χ0v) is 18.6. The first kappa shape index (κ1) is 21.3. The van der Waals surface area contributed by atoms with E-state index in [0.717, 1.165) is 16.7 Å². The van der Waals surface area contributed by atoms with Gasteiger partial charge in [-0.05, 0) is 47.7 Å². The van der Waals surface area contributed by atoms with Crippen molar-refractivity contribution in [3.05, 3.63) is 82.9 Å². The minimum atomic E-state index is -0.528. The zero-order chi connectivity index (χ0) is 21.6. The van der Waals surface area contributed by atoms with E-state index in [-0.39, 0.29) is 38.0 Å². The third-order valence-corrected chi connectivity index (χ3v) is 6.45. The van der Waals surface area contributed by atoms with Gasteiger partial charge in [0.15, 0.2) is 11.0 Å². The Balaban J connectivity index is 1.67. The number of carbonyl (C=O) groups excluding carboxylic acids is 2. The molecule has 0 unspecified atom stereocenters. The van der Waals surface area contributed by atoms with Crippen molar-refractivity contribution in [2.24, 2.45) is 0 Å². The van der Waals surface area contributed by atoms with E-state index in [2.05, 4.69) is 0 Å². The highest BCUT2D eigenvalue weighted by Crippen LogP contribution is 2.34. The topological polar surface area (TPSA) is 67.6 Å². The quantitative estimate of drug-likeness (QED) is 0.377. The van der Waals surface area contributed by atoms with Crippen molar-refractivity contribution in [2.75, 3.05) is 0 Å². The van der Waals surface area contributed by atoms with Gasteiger partial charge in [0, 0.05) is 5.02 Å². The van der Waals surface area contributed by atoms with Crippen molar-refractivity contribution in [1.29, 1.82) is 0 Å². The molecule has 152 valence electrons. The number of hydrogen-bond acceptors (Lipinski definition) is 5. The Morgan fingerprint density at radius 3 is 2.47 bits per heavy atom. The van der Waals surface area contributed by atoms with Crippen LogP contribution in [0.5, 0.6) is 0 Å². The fourth-order valence-electron chi connectivity index (χ4n) is 2.88. The van der Waals surface area contributed by atoms with Crippen molar-refractivity contribution in [2.45, 2.75) is 6.54 Å². The highest BCUT2D eigenvalue weighted by atomic mass is 35.5. The highest BCUT2D eigenvalue weighted by Gasteiger charge is 2.35. The van der Waals surface area contributed by atoms with Gasteiger partial charge in [-0.2, -0.15) is 0 Å². The molecule has 1 saturated heterocycles. The molecule has 0 radical (unpaired) electrons. The number of hydrogen-bond donors (Lipinski definition) is 0. The molecular weight excluding hydrogens is 492 g/mol. The monoisotopic (exact) mass is 499 g/mol. The minimum absolute atomic E-state index is 0.0242. The number of carbonyl (C=O) groups is 2. The van der Waals surface area contributed by atoms with Gasteiger partial charge in [0.1, 0.15) is 6.26 Å². The number of nitrogens with zero attached hydrogens (tertiary/aromatic N) is 1. The Kier molecular flexibility index (Phi) is 5.88. The first-order valence-electron chi connectivity index (χ1n) is 8.34. The Bertz CT molecular complexity index is 1320. The summed E-state index contributed by atoms with van der Waals surface area (Å²) in [6.07, 6.45) is 2.51. The van der Waals surface area contributed by atoms with Gasteiger partial charge in [-0.15, -0.1) is 0 Å². The van der Waals surface area contributed by atoms with Gasteiger partial charge < -0.3 is 4.42 Å². The van der Waals surface area contributed by atoms with Gasteiger partial charge in [0.2, 0.25) is 0 Å². The van der Waals surface area contributed by atoms with Gasteiger partial charge in [0.05, 0.1) is 37.5 Å². The first-order valence-corrected chi connectivity index (χ1v) is 10.7. The van der Waals surface area contributed by atoms with Crippen LogP contribution in [0.4, 0.5) is 4.79 Å². The highest BCUT2D eigenvalue weighted by molar-refractivity contribution is 8.18. The Labute approximate surface area is 194 Å². The zero-order valence-electron chi connectivity index (χ0n) is 14.7. The molecule has 4 rings (SSSR count). The molecule has 1 aliphatic rings. The maximum atomic E-state index is 12.8. The van der Waals surface area contributed by atoms with Crippen molar-refractivity contribution >= 4 is 86.4 Å². The van der Waals surface area contributed by atoms with E-state index in [9.17, 15) is 14.4 Å². The van der Waals surface area contributed by atoms with Crippen LogP contribution in [-0.4, -0.2) is 16.0 Å². The van der Waals surface area contributed by atoms with Crippen molar-refractivity contribution in [3.63, 3.8) is 0 Å². The van der Waals surface area contributed by atoms with Crippen LogP contribution in [0.3, 0.4) is 0 Å². The first-order chi connectivity index (χ1) is 14.2. The fraction of sp³-hybridized carbons (Fsp3) is 0.0500. The number of benzene rings is 2. The molecule has 1 aliphatic heterocycles. The molecule has 2 amide bonds. The maximum Gasteiger partial charge on any atom is 0.293 e. The molecule has 2 heterocycles. The second kappa shape index (κ2) is 8.29. The second-order valence-electron chi connectivity index (χ2n) is 6.30. The van der Waals surface area contributed by atoms with Crippen LogP contribution in [-0.2, 0) is 11.3 Å². The van der Waals surface area contributed by atoms with Crippen LogP contribution < -0.4 is 5.43 Å². The molecule has 3 aromatic rings. The molecule has 5 nitrogen and oxygen atoms in total. The van der Waals surface area contributed by atoms with Gasteiger partial charge in [-0.1, -0.05) is 52.5 Å². The fourth-order valence-corrected chi connectivity index (χ4v) is 4.57. The summed E-state index contributed by atoms with van der Waals surface area (Å²) < 4.78 is 5.45. The number of halogens is 4. The molecule has 0 atom stereocenters. The third kappa shape index (κ3) is 3.98. The van der Waals surface area contributed by atoms with Gasteiger partial charge >= 0.3 is 0 Å². The lowest BCUT2D eigenvalue weighted by Gasteiger charge is -2.12. The molecule has 0 bridgehead atoms. The maximum absolute atomic E-state index is 12.8. The van der Waals surface area contributed by atoms with Crippen molar-refractivity contribution in [1.82, 2.24) is 4.90 Å². The summed E-state index contributed by atoms with van der Waals surface area (Å²) in [6, 6.07) is 7.74. The molecule has 0 saturated carbocycles. The van der Waals surface area contributed by atoms with E-state index in [1.165, 1.54) is 24.5 Å². The molecule has 2 aromatic carbocycles. The standard InChI is InChI=1S/C20H9Cl4NO4S/c21-11-5-12-17(26)10(8-29-18(12)15(24)6-11)4-16-19(27)25(20(28)30-16)7-9-1-2-13(22)14(23)3-9/h1-6,8H,7H2/b16-4-. The van der Waals surface area contributed by atoms with Crippen LogP contribution >= 0.6 is 58.2 Å². The number of fused-ring (bicyclic) bond motifs is 1. The molecule has 1 aromatic heterocycles. The summed E-state index contributed by atoms with van der Waals surface area (Å²) >= 11 is 24.6. The van der Waals surface area contributed by atoms with Crippen molar-refractivity contribution in [3.8, 4) is 0 Å². The molecule has 30 heavy (non-hydrogen) atoms. The average molecular weight is 501 g/mol. The van der Waals surface area contributed by atoms with Gasteiger partial charge in [0.25, 0.3) is 11.1 Å². The third-order valence-electron chi connectivity index (χ3n) is 4.30. The van der Waals surface area contributed by atoms with Crippen LogP contribution in [0, 0.1) is 0 Å². The van der Waals surface area contributed by atoms with E-state index in [1.54, 1.807) is 18.2 Å². The van der Waals surface area contributed by atoms with Crippen LogP contribution in [0.15, 0.2) is 50.7 Å². The van der Waals surface area contributed by atoms with E-state index in [4.69, 9.17) is 50.8 Å². The van der Waals surface area contributed by atoms with Crippen LogP contribution in [0.1, 0.15) is 11.1 Å². The normalized spacial score (nSPS) is 15.6. The van der Waals surface area contributed by atoms with Gasteiger partial charge in [-0.3, -0.25) is 19.3 Å². The summed E-state index contributed by atoms with van der Waals surface area (Å²) in [5.74, 6) is -0.528. The molecule has 0 spiro atoms. The number of rotatable bonds is 3. The summed E-state index contributed by atoms with van der Waals surface area (Å²) in [5, 5.41) is 0.882. The summed E-state index contributed by atoms with van der Waals surface area (Å²) in [7, 11) is 0. The molecule has 0 N–H and O–H groups in total. The largest absolute Gasteiger partial charge is 0.462 e. The lowest BCUT2D eigenvalue weighted by molar-refractivity contribution is -0.123. The molecule has 10 heteroatoms. The van der Waals surface area contributed by atoms with E-state index in [0.29, 0.717) is 15.6 Å². The lowest BCUT2D eigenvalue weighted by Crippen LogP contribution is -2.27. The van der Waals surface area contributed by atoms with Crippen LogP contribution in [0.25, 0.3) is 17.0 Å². The lowest BCUT2D eigenvalue weighted by atomic mass is 10.1. The molecular formula is C20H9Cl4NO4S. The van der Waals surface area contributed by atoms with Crippen LogP contribution in [0.2, 0.25) is 20.1 Å². The SMILES string of the molecule is O=C1S/C(=C\c2coc3c(Cl)cc(Cl)cc3c2=O)C(=O)N1Cc1ccc(Cl)c(Cl)c1. The van der Waals surface area contributed by atoms with E-state index in [1.807, 2.05) is 0 Å². The summed E-state index contributed by atoms with van der Waals surface area (Å²) in [4.78, 5) is 39.0. The minimum Gasteiger partial charge on any atom is -0.462 e. The predicted octanol–water partition coefficient (Wildman–Crippen LogP) is 6.64. The summed E-state index contributed by atoms with van der Waals surface area (Å²) in [5.41, 5.74) is 0.510. The predicted molar refractivity (Wildman–Crippen MR) is 120 cm³/mol. The number of thioether (sulfide) groups is 1. The second-order valence-corrected chi connectivity index (χ2v) is 8.95. The summed E-state index contributed by atoms with van der Waals surface area (Å²) in [6.45, 7) is 0.0242. The Morgan fingerprint density at radius 2 is 1.73 bits per heavy atom. The molecule has 1 fully saturated rings. The Morgan fingerprint density at radius 1 is 0.967 bits per heavy atom. The van der Waals surface area contributed by atoms with E-state index < -0.39 is 16.6 Å². The van der Waals surface area contributed by atoms with E-state index >= 15 is 0 Å². The number of imide groups is 1. The Hall–Kier alpha value is -1.96.